The first kappa shape index (κ1) is 21.2. The third-order valence-corrected chi connectivity index (χ3v) is 3.43. The van der Waals surface area contributed by atoms with Gasteiger partial charge in [0.15, 0.2) is 0 Å². The van der Waals surface area contributed by atoms with Gasteiger partial charge in [0.2, 0.25) is 0 Å². The first-order chi connectivity index (χ1) is 11.3. The Morgan fingerprint density at radius 2 is 2.08 bits per heavy atom. The Morgan fingerprint density at radius 3 is 2.68 bits per heavy atom. The quantitative estimate of drug-likeness (QED) is 0.740. The molecule has 1 unspecified atom stereocenters. The Kier molecular flexibility index (Phi) is 7.65. The van der Waals surface area contributed by atoms with Crippen LogP contribution in [0.25, 0.3) is 0 Å². The maximum absolute atomic E-state index is 12.2. The highest BCUT2D eigenvalue weighted by Gasteiger charge is 2.28. The van der Waals surface area contributed by atoms with Gasteiger partial charge in [-0.1, -0.05) is 6.07 Å². The van der Waals surface area contributed by atoms with Gasteiger partial charge >= 0.3 is 6.18 Å². The lowest BCUT2D eigenvalue weighted by Crippen LogP contribution is -2.45. The van der Waals surface area contributed by atoms with Crippen molar-refractivity contribution in [2.75, 3.05) is 31.6 Å². The lowest BCUT2D eigenvalue weighted by molar-refractivity contribution is -0.128. The molecule has 0 saturated carbocycles. The number of alkyl halides is 3. The molecule has 0 radical (unpaired) electrons. The Bertz CT molecular complexity index is 620. The highest BCUT2D eigenvalue weighted by Crippen LogP contribution is 2.18. The van der Waals surface area contributed by atoms with E-state index in [9.17, 15) is 22.8 Å². The predicted molar refractivity (Wildman–Crippen MR) is 88.1 cm³/mol. The average Bonchev–Trinajstić information content (AvgIpc) is 2.54. The van der Waals surface area contributed by atoms with E-state index in [2.05, 4.69) is 10.6 Å². The lowest BCUT2D eigenvalue weighted by Gasteiger charge is -2.23. The SMILES string of the molecule is Cc1ccc(C(=O)NCC(F)(F)F)cc1NC(=O)C1CNCCO1.Cl. The van der Waals surface area contributed by atoms with Crippen molar-refractivity contribution in [2.45, 2.75) is 19.2 Å². The van der Waals surface area contributed by atoms with E-state index in [0.717, 1.165) is 0 Å². The van der Waals surface area contributed by atoms with Gasteiger partial charge in [-0.2, -0.15) is 13.2 Å². The van der Waals surface area contributed by atoms with Crippen LogP contribution in [0.2, 0.25) is 0 Å². The van der Waals surface area contributed by atoms with Crippen molar-refractivity contribution < 1.29 is 27.5 Å². The van der Waals surface area contributed by atoms with E-state index in [1.54, 1.807) is 18.3 Å². The standard InChI is InChI=1S/C15H18F3N3O3.ClH/c1-9-2-3-10(13(22)20-8-15(16,17)18)6-11(9)21-14(23)12-7-19-4-5-24-12;/h2-3,6,12,19H,4-5,7-8H2,1H3,(H,20,22)(H,21,23);1H. The number of aryl methyl sites for hydroxylation is 1. The second-order valence-corrected chi connectivity index (χ2v) is 5.38. The van der Waals surface area contributed by atoms with E-state index in [0.29, 0.717) is 30.9 Å². The normalized spacial score (nSPS) is 17.4. The number of morpholine rings is 1. The summed E-state index contributed by atoms with van der Waals surface area (Å²) in [6.07, 6.45) is -5.14. The molecule has 1 aliphatic heterocycles. The fourth-order valence-corrected chi connectivity index (χ4v) is 2.13. The molecule has 25 heavy (non-hydrogen) atoms. The summed E-state index contributed by atoms with van der Waals surface area (Å²) in [5.41, 5.74) is 1.07. The first-order valence-electron chi connectivity index (χ1n) is 7.35. The zero-order chi connectivity index (χ0) is 17.7. The maximum Gasteiger partial charge on any atom is 0.405 e. The van der Waals surface area contributed by atoms with Gasteiger partial charge < -0.3 is 20.7 Å². The molecular formula is C15H19ClF3N3O3. The van der Waals surface area contributed by atoms with Crippen molar-refractivity contribution in [1.29, 1.82) is 0 Å². The van der Waals surface area contributed by atoms with Gasteiger partial charge in [0.1, 0.15) is 12.6 Å². The van der Waals surface area contributed by atoms with E-state index in [1.807, 2.05) is 0 Å². The number of carbonyl (C=O) groups excluding carboxylic acids is 2. The topological polar surface area (TPSA) is 79.5 Å². The number of halogens is 4. The fourth-order valence-electron chi connectivity index (χ4n) is 2.13. The minimum atomic E-state index is -4.48. The molecule has 6 nitrogen and oxygen atoms in total. The van der Waals surface area contributed by atoms with E-state index in [1.165, 1.54) is 12.1 Å². The number of benzene rings is 1. The number of anilines is 1. The number of carbonyl (C=O) groups is 2. The van der Waals surface area contributed by atoms with Crippen molar-refractivity contribution >= 4 is 29.9 Å². The monoisotopic (exact) mass is 381 g/mol. The molecule has 1 heterocycles. The first-order valence-corrected chi connectivity index (χ1v) is 7.35. The highest BCUT2D eigenvalue weighted by molar-refractivity contribution is 5.99. The minimum absolute atomic E-state index is 0. The van der Waals surface area contributed by atoms with Crippen LogP contribution in [0.3, 0.4) is 0 Å². The van der Waals surface area contributed by atoms with E-state index >= 15 is 0 Å². The van der Waals surface area contributed by atoms with Crippen LogP contribution in [0.5, 0.6) is 0 Å². The van der Waals surface area contributed by atoms with Crippen LogP contribution in [0.15, 0.2) is 18.2 Å². The molecule has 3 N–H and O–H groups in total. The van der Waals surface area contributed by atoms with Crippen molar-refractivity contribution in [2.24, 2.45) is 0 Å². The molecule has 1 atom stereocenters. The third-order valence-electron chi connectivity index (χ3n) is 3.43. The maximum atomic E-state index is 12.2. The molecule has 0 bridgehead atoms. The van der Waals surface area contributed by atoms with Crippen LogP contribution in [0.1, 0.15) is 15.9 Å². The lowest BCUT2D eigenvalue weighted by atomic mass is 10.1. The van der Waals surface area contributed by atoms with Crippen LogP contribution in [-0.4, -0.2) is 50.3 Å². The van der Waals surface area contributed by atoms with Gasteiger partial charge in [-0.15, -0.1) is 12.4 Å². The molecule has 0 aliphatic carbocycles. The summed E-state index contributed by atoms with van der Waals surface area (Å²) >= 11 is 0. The summed E-state index contributed by atoms with van der Waals surface area (Å²) in [5.74, 6) is -1.24. The molecule has 2 rings (SSSR count). The molecule has 1 aliphatic rings. The van der Waals surface area contributed by atoms with Gasteiger partial charge in [-0.25, -0.2) is 0 Å². The summed E-state index contributed by atoms with van der Waals surface area (Å²) in [7, 11) is 0. The van der Waals surface area contributed by atoms with Crippen molar-refractivity contribution in [3.05, 3.63) is 29.3 Å². The molecule has 0 spiro atoms. The molecule has 1 saturated heterocycles. The zero-order valence-corrected chi connectivity index (χ0v) is 14.2. The third kappa shape index (κ3) is 6.52. The summed E-state index contributed by atoms with van der Waals surface area (Å²) < 4.78 is 41.8. The molecule has 1 aromatic carbocycles. The van der Waals surface area contributed by atoms with Crippen LogP contribution >= 0.6 is 12.4 Å². The van der Waals surface area contributed by atoms with E-state index in [-0.39, 0.29) is 23.9 Å². The van der Waals surface area contributed by atoms with Crippen molar-refractivity contribution in [3.8, 4) is 0 Å². The Labute approximate surface area is 148 Å². The smallest absolute Gasteiger partial charge is 0.366 e. The van der Waals surface area contributed by atoms with E-state index in [4.69, 9.17) is 4.74 Å². The Morgan fingerprint density at radius 1 is 1.36 bits per heavy atom. The zero-order valence-electron chi connectivity index (χ0n) is 13.4. The number of amides is 2. The Hall–Kier alpha value is -1.84. The van der Waals surface area contributed by atoms with Crippen molar-refractivity contribution in [3.63, 3.8) is 0 Å². The van der Waals surface area contributed by atoms with Gasteiger partial charge in [-0.3, -0.25) is 9.59 Å². The van der Waals surface area contributed by atoms with Crippen molar-refractivity contribution in [1.82, 2.24) is 10.6 Å². The van der Waals surface area contributed by atoms with Gasteiger partial charge in [-0.05, 0) is 24.6 Å². The summed E-state index contributed by atoms with van der Waals surface area (Å²) in [6.45, 7) is 1.75. The van der Waals surface area contributed by atoms with E-state index < -0.39 is 24.7 Å². The number of hydrogen-bond acceptors (Lipinski definition) is 4. The highest BCUT2D eigenvalue weighted by atomic mass is 35.5. The largest absolute Gasteiger partial charge is 0.405 e. The minimum Gasteiger partial charge on any atom is -0.366 e. The number of rotatable bonds is 4. The molecule has 0 aromatic heterocycles. The molecular weight excluding hydrogens is 363 g/mol. The van der Waals surface area contributed by atoms with Gasteiger partial charge in [0, 0.05) is 24.3 Å². The van der Waals surface area contributed by atoms with Gasteiger partial charge in [0.05, 0.1) is 6.61 Å². The summed E-state index contributed by atoms with van der Waals surface area (Å²) in [4.78, 5) is 23.9. The fraction of sp³-hybridized carbons (Fsp3) is 0.467. The predicted octanol–water partition coefficient (Wildman–Crippen LogP) is 1.64. The molecule has 10 heteroatoms. The van der Waals surface area contributed by atoms with Gasteiger partial charge in [0.25, 0.3) is 11.8 Å². The molecule has 140 valence electrons. The van der Waals surface area contributed by atoms with Crippen LogP contribution in [0.4, 0.5) is 18.9 Å². The average molecular weight is 382 g/mol. The molecule has 1 aromatic rings. The van der Waals surface area contributed by atoms with Crippen LogP contribution in [0, 0.1) is 6.92 Å². The molecule has 2 amide bonds. The number of ether oxygens (including phenoxy) is 1. The second kappa shape index (κ2) is 9.02. The Balaban J connectivity index is 0.00000312. The second-order valence-electron chi connectivity index (χ2n) is 5.38. The van der Waals surface area contributed by atoms with Crippen LogP contribution in [-0.2, 0) is 9.53 Å². The van der Waals surface area contributed by atoms with Crippen LogP contribution < -0.4 is 16.0 Å². The molecule has 1 fully saturated rings. The number of hydrogen-bond donors (Lipinski definition) is 3. The summed E-state index contributed by atoms with van der Waals surface area (Å²) in [5, 5.41) is 7.45. The summed E-state index contributed by atoms with van der Waals surface area (Å²) in [6, 6.07) is 4.29. The number of nitrogens with one attached hydrogen (secondary N) is 3.